The summed E-state index contributed by atoms with van der Waals surface area (Å²) in [5.41, 5.74) is 0. The van der Waals surface area contributed by atoms with Crippen LogP contribution in [0.5, 0.6) is 0 Å². The number of nitrogens with one attached hydrogen (secondary N) is 1. The second-order valence-corrected chi connectivity index (χ2v) is 3.53. The van der Waals surface area contributed by atoms with Crippen LogP contribution in [0.15, 0.2) is 12.2 Å². The Kier molecular flexibility index (Phi) is 4.54. The lowest BCUT2D eigenvalue weighted by Gasteiger charge is -1.99. The topological polar surface area (TPSA) is 49.3 Å². The molecule has 0 unspecified atom stereocenters. The van der Waals surface area contributed by atoms with E-state index in [9.17, 15) is 4.79 Å². The highest BCUT2D eigenvalue weighted by molar-refractivity contribution is 5.79. The molecule has 0 amide bonds. The van der Waals surface area contributed by atoms with Gasteiger partial charge in [0.15, 0.2) is 0 Å². The second kappa shape index (κ2) is 5.75. The Morgan fingerprint density at radius 2 is 2.31 bits per heavy atom. The van der Waals surface area contributed by atoms with E-state index in [0.29, 0.717) is 6.54 Å². The van der Waals surface area contributed by atoms with Crippen molar-refractivity contribution in [3.8, 4) is 0 Å². The van der Waals surface area contributed by atoms with Crippen molar-refractivity contribution >= 4 is 5.97 Å². The Morgan fingerprint density at radius 3 is 2.92 bits per heavy atom. The molecule has 1 fully saturated rings. The largest absolute Gasteiger partial charge is 0.478 e. The average Bonchev–Trinajstić information content (AvgIpc) is 2.86. The quantitative estimate of drug-likeness (QED) is 0.463. The first-order valence-electron chi connectivity index (χ1n) is 4.89. The third-order valence-corrected chi connectivity index (χ3v) is 2.19. The van der Waals surface area contributed by atoms with Crippen molar-refractivity contribution in [1.82, 2.24) is 5.32 Å². The normalized spacial score (nSPS) is 16.6. The minimum atomic E-state index is -0.875. The Labute approximate surface area is 78.8 Å². The van der Waals surface area contributed by atoms with Gasteiger partial charge in [0.05, 0.1) is 0 Å². The highest BCUT2D eigenvalue weighted by Gasteiger charge is 2.19. The lowest BCUT2D eigenvalue weighted by molar-refractivity contribution is -0.131. The van der Waals surface area contributed by atoms with Gasteiger partial charge in [-0.05, 0) is 25.3 Å². The van der Waals surface area contributed by atoms with E-state index in [-0.39, 0.29) is 0 Å². The summed E-state index contributed by atoms with van der Waals surface area (Å²) in [6.07, 6.45) is 8.19. The van der Waals surface area contributed by atoms with Crippen LogP contribution in [0.3, 0.4) is 0 Å². The first-order valence-corrected chi connectivity index (χ1v) is 4.89. The van der Waals surface area contributed by atoms with E-state index in [2.05, 4.69) is 5.32 Å². The minimum Gasteiger partial charge on any atom is -0.478 e. The van der Waals surface area contributed by atoms with Crippen LogP contribution in [-0.4, -0.2) is 24.2 Å². The maximum Gasteiger partial charge on any atom is 0.328 e. The molecule has 2 N–H and O–H groups in total. The predicted octanol–water partition coefficient (Wildman–Crippen LogP) is 1.41. The predicted molar refractivity (Wildman–Crippen MR) is 51.6 cm³/mol. The first-order chi connectivity index (χ1) is 6.29. The summed E-state index contributed by atoms with van der Waals surface area (Å²) < 4.78 is 0. The molecule has 13 heavy (non-hydrogen) atoms. The van der Waals surface area contributed by atoms with E-state index in [0.717, 1.165) is 12.5 Å². The minimum absolute atomic E-state index is 0.664. The standard InChI is InChI=1S/C10H17NO2/c12-10(13)4-2-8-11-7-1-3-9-5-6-9/h2,4,9,11H,1,3,5-8H2,(H,12,13)/b4-2+. The van der Waals surface area contributed by atoms with E-state index >= 15 is 0 Å². The van der Waals surface area contributed by atoms with Crippen LogP contribution in [0, 0.1) is 5.92 Å². The summed E-state index contributed by atoms with van der Waals surface area (Å²) in [6, 6.07) is 0. The number of carboxylic acids is 1. The van der Waals surface area contributed by atoms with Crippen LogP contribution >= 0.6 is 0 Å². The van der Waals surface area contributed by atoms with Crippen LogP contribution < -0.4 is 5.32 Å². The molecule has 0 spiro atoms. The third-order valence-electron chi connectivity index (χ3n) is 2.19. The zero-order chi connectivity index (χ0) is 9.52. The lowest BCUT2D eigenvalue weighted by atomic mass is 10.2. The van der Waals surface area contributed by atoms with Gasteiger partial charge in [-0.3, -0.25) is 0 Å². The van der Waals surface area contributed by atoms with Crippen molar-refractivity contribution in [3.63, 3.8) is 0 Å². The number of carbonyl (C=O) groups is 1. The van der Waals surface area contributed by atoms with Crippen molar-refractivity contribution in [1.29, 1.82) is 0 Å². The first kappa shape index (κ1) is 10.3. The molecule has 1 saturated carbocycles. The summed E-state index contributed by atoms with van der Waals surface area (Å²) in [7, 11) is 0. The second-order valence-electron chi connectivity index (χ2n) is 3.53. The number of hydrogen-bond donors (Lipinski definition) is 2. The summed E-state index contributed by atoms with van der Waals surface area (Å²) >= 11 is 0. The Bertz CT molecular complexity index is 185. The van der Waals surface area contributed by atoms with Crippen molar-refractivity contribution < 1.29 is 9.90 Å². The van der Waals surface area contributed by atoms with Gasteiger partial charge in [-0.25, -0.2) is 4.79 Å². The van der Waals surface area contributed by atoms with Gasteiger partial charge < -0.3 is 10.4 Å². The zero-order valence-corrected chi connectivity index (χ0v) is 7.83. The SMILES string of the molecule is O=C(O)/C=C/CNCCCC1CC1. The smallest absolute Gasteiger partial charge is 0.328 e. The Hall–Kier alpha value is -0.830. The fraction of sp³-hybridized carbons (Fsp3) is 0.700. The molecular formula is C10H17NO2. The van der Waals surface area contributed by atoms with Gasteiger partial charge >= 0.3 is 5.97 Å². The van der Waals surface area contributed by atoms with Crippen LogP contribution in [0.25, 0.3) is 0 Å². The maximum atomic E-state index is 10.1. The highest BCUT2D eigenvalue weighted by atomic mass is 16.4. The van der Waals surface area contributed by atoms with E-state index in [1.807, 2.05) is 0 Å². The van der Waals surface area contributed by atoms with Crippen LogP contribution in [0.1, 0.15) is 25.7 Å². The molecule has 0 atom stereocenters. The van der Waals surface area contributed by atoms with Gasteiger partial charge in [0.1, 0.15) is 0 Å². The molecule has 1 rings (SSSR count). The third kappa shape index (κ3) is 6.34. The summed E-state index contributed by atoms with van der Waals surface area (Å²) in [5.74, 6) is 0.121. The monoisotopic (exact) mass is 183 g/mol. The molecule has 0 aromatic carbocycles. The molecule has 1 aliphatic carbocycles. The molecule has 0 bridgehead atoms. The molecule has 0 radical (unpaired) electrons. The Morgan fingerprint density at radius 1 is 1.54 bits per heavy atom. The van der Waals surface area contributed by atoms with Crippen molar-refractivity contribution in [2.75, 3.05) is 13.1 Å². The molecule has 3 nitrogen and oxygen atoms in total. The molecule has 0 aliphatic heterocycles. The van der Waals surface area contributed by atoms with Gasteiger partial charge in [-0.2, -0.15) is 0 Å². The van der Waals surface area contributed by atoms with Gasteiger partial charge in [-0.15, -0.1) is 0 Å². The molecule has 1 aliphatic rings. The maximum absolute atomic E-state index is 10.1. The zero-order valence-electron chi connectivity index (χ0n) is 7.83. The van der Waals surface area contributed by atoms with E-state index in [1.54, 1.807) is 6.08 Å². The molecular weight excluding hydrogens is 166 g/mol. The average molecular weight is 183 g/mol. The number of aliphatic carboxylic acids is 1. The summed E-state index contributed by atoms with van der Waals surface area (Å²) in [5, 5.41) is 11.5. The Balaban J connectivity index is 1.80. The number of rotatable bonds is 7. The molecule has 0 aromatic rings. The van der Waals surface area contributed by atoms with Crippen LogP contribution in [0.4, 0.5) is 0 Å². The fourth-order valence-corrected chi connectivity index (χ4v) is 1.27. The van der Waals surface area contributed by atoms with Crippen molar-refractivity contribution in [3.05, 3.63) is 12.2 Å². The van der Waals surface area contributed by atoms with Gasteiger partial charge in [-0.1, -0.05) is 18.9 Å². The summed E-state index contributed by atoms with van der Waals surface area (Å²) in [4.78, 5) is 10.1. The number of hydrogen-bond acceptors (Lipinski definition) is 2. The van der Waals surface area contributed by atoms with E-state index < -0.39 is 5.97 Å². The fourth-order valence-electron chi connectivity index (χ4n) is 1.27. The van der Waals surface area contributed by atoms with Crippen LogP contribution in [0.2, 0.25) is 0 Å². The van der Waals surface area contributed by atoms with Gasteiger partial charge in [0.25, 0.3) is 0 Å². The summed E-state index contributed by atoms with van der Waals surface area (Å²) in [6.45, 7) is 1.66. The number of carboxylic acid groups (broad SMARTS) is 1. The van der Waals surface area contributed by atoms with Crippen LogP contribution in [-0.2, 0) is 4.79 Å². The molecule has 0 aromatic heterocycles. The van der Waals surface area contributed by atoms with E-state index in [1.165, 1.54) is 31.8 Å². The van der Waals surface area contributed by atoms with Crippen molar-refractivity contribution in [2.24, 2.45) is 5.92 Å². The lowest BCUT2D eigenvalue weighted by Crippen LogP contribution is -2.15. The van der Waals surface area contributed by atoms with Crippen molar-refractivity contribution in [2.45, 2.75) is 25.7 Å². The molecule has 0 saturated heterocycles. The van der Waals surface area contributed by atoms with Gasteiger partial charge in [0, 0.05) is 12.6 Å². The molecule has 0 heterocycles. The highest BCUT2D eigenvalue weighted by Crippen LogP contribution is 2.33. The molecule has 74 valence electrons. The van der Waals surface area contributed by atoms with Gasteiger partial charge in [0.2, 0.25) is 0 Å². The van der Waals surface area contributed by atoms with E-state index in [4.69, 9.17) is 5.11 Å². The molecule has 3 heteroatoms.